The summed E-state index contributed by atoms with van der Waals surface area (Å²) in [5.74, 6) is -1.09. The standard InChI is InChI=1S/C22H26N2O5/c1-3-28-19-11-7-6-10-18(19)22(27)24-14-21(26)29-15-20(25)23-13-12-17-9-5-4-8-16(17)2/h4-11H,3,12-15H2,1-2H3,(H,23,25)(H,24,27). The van der Waals surface area contributed by atoms with Crippen molar-refractivity contribution in [3.63, 3.8) is 0 Å². The highest BCUT2D eigenvalue weighted by Crippen LogP contribution is 2.17. The van der Waals surface area contributed by atoms with Gasteiger partial charge in [0.1, 0.15) is 12.3 Å². The van der Waals surface area contributed by atoms with E-state index in [9.17, 15) is 14.4 Å². The van der Waals surface area contributed by atoms with E-state index in [0.29, 0.717) is 30.9 Å². The van der Waals surface area contributed by atoms with Crippen molar-refractivity contribution in [2.75, 3.05) is 26.3 Å². The van der Waals surface area contributed by atoms with Crippen molar-refractivity contribution >= 4 is 17.8 Å². The lowest BCUT2D eigenvalue weighted by Gasteiger charge is -2.10. The van der Waals surface area contributed by atoms with Crippen LogP contribution in [0.4, 0.5) is 0 Å². The number of hydrogen-bond acceptors (Lipinski definition) is 5. The van der Waals surface area contributed by atoms with E-state index in [1.165, 1.54) is 0 Å². The third kappa shape index (κ3) is 7.29. The van der Waals surface area contributed by atoms with Crippen LogP contribution in [0.15, 0.2) is 48.5 Å². The highest BCUT2D eigenvalue weighted by molar-refractivity contribution is 5.98. The fraction of sp³-hybridized carbons (Fsp3) is 0.318. The van der Waals surface area contributed by atoms with E-state index in [-0.39, 0.29) is 12.5 Å². The van der Waals surface area contributed by atoms with Gasteiger partial charge in [0.2, 0.25) is 0 Å². The van der Waals surface area contributed by atoms with E-state index in [1.807, 2.05) is 38.1 Å². The van der Waals surface area contributed by atoms with Gasteiger partial charge in [-0.15, -0.1) is 0 Å². The van der Waals surface area contributed by atoms with Gasteiger partial charge in [-0.3, -0.25) is 14.4 Å². The van der Waals surface area contributed by atoms with Gasteiger partial charge < -0.3 is 20.1 Å². The number of aryl methyl sites for hydroxylation is 1. The zero-order valence-corrected chi connectivity index (χ0v) is 16.7. The molecule has 0 spiro atoms. The summed E-state index contributed by atoms with van der Waals surface area (Å²) < 4.78 is 10.3. The molecule has 0 atom stereocenters. The van der Waals surface area contributed by atoms with Crippen molar-refractivity contribution in [2.45, 2.75) is 20.3 Å². The second-order valence-electron chi connectivity index (χ2n) is 6.30. The molecule has 0 fully saturated rings. The molecular formula is C22H26N2O5. The van der Waals surface area contributed by atoms with Crippen molar-refractivity contribution in [1.29, 1.82) is 0 Å². The normalized spacial score (nSPS) is 10.1. The van der Waals surface area contributed by atoms with Crippen LogP contribution in [0.1, 0.15) is 28.4 Å². The van der Waals surface area contributed by atoms with Crippen LogP contribution in [-0.4, -0.2) is 44.1 Å². The molecule has 154 valence electrons. The molecule has 29 heavy (non-hydrogen) atoms. The number of rotatable bonds is 10. The third-order valence-corrected chi connectivity index (χ3v) is 4.17. The average Bonchev–Trinajstić information content (AvgIpc) is 2.72. The average molecular weight is 398 g/mol. The number of ether oxygens (including phenoxy) is 2. The maximum atomic E-state index is 12.2. The second kappa shape index (κ2) is 11.5. The van der Waals surface area contributed by atoms with Gasteiger partial charge in [0.25, 0.3) is 11.8 Å². The summed E-state index contributed by atoms with van der Waals surface area (Å²) in [6.07, 6.45) is 0.696. The quantitative estimate of drug-likeness (QED) is 0.597. The van der Waals surface area contributed by atoms with Crippen molar-refractivity contribution in [3.05, 3.63) is 65.2 Å². The van der Waals surface area contributed by atoms with Crippen LogP contribution >= 0.6 is 0 Å². The van der Waals surface area contributed by atoms with E-state index < -0.39 is 18.5 Å². The number of carbonyl (C=O) groups is 3. The highest BCUT2D eigenvalue weighted by Gasteiger charge is 2.14. The zero-order chi connectivity index (χ0) is 21.1. The van der Waals surface area contributed by atoms with Crippen LogP contribution < -0.4 is 15.4 Å². The van der Waals surface area contributed by atoms with Crippen LogP contribution in [-0.2, 0) is 20.7 Å². The number of esters is 1. The first-order chi connectivity index (χ1) is 14.0. The summed E-state index contributed by atoms with van der Waals surface area (Å²) in [7, 11) is 0. The monoisotopic (exact) mass is 398 g/mol. The first-order valence-electron chi connectivity index (χ1n) is 9.48. The van der Waals surface area contributed by atoms with Gasteiger partial charge in [-0.2, -0.15) is 0 Å². The lowest BCUT2D eigenvalue weighted by Crippen LogP contribution is -2.34. The smallest absolute Gasteiger partial charge is 0.325 e. The Balaban J connectivity index is 1.68. The number of hydrogen-bond donors (Lipinski definition) is 2. The van der Waals surface area contributed by atoms with Gasteiger partial charge in [0, 0.05) is 6.54 Å². The molecule has 2 aromatic rings. The lowest BCUT2D eigenvalue weighted by atomic mass is 10.1. The van der Waals surface area contributed by atoms with Gasteiger partial charge in [-0.1, -0.05) is 36.4 Å². The minimum Gasteiger partial charge on any atom is -0.493 e. The van der Waals surface area contributed by atoms with Crippen LogP contribution in [0.3, 0.4) is 0 Å². The summed E-state index contributed by atoms with van der Waals surface area (Å²) >= 11 is 0. The molecular weight excluding hydrogens is 372 g/mol. The van der Waals surface area contributed by atoms with Crippen molar-refractivity contribution in [1.82, 2.24) is 10.6 Å². The van der Waals surface area contributed by atoms with E-state index in [1.54, 1.807) is 24.3 Å². The Hall–Kier alpha value is -3.35. The van der Waals surface area contributed by atoms with Crippen LogP contribution in [0.25, 0.3) is 0 Å². The van der Waals surface area contributed by atoms with Gasteiger partial charge in [0.05, 0.1) is 12.2 Å². The van der Waals surface area contributed by atoms with Gasteiger partial charge in [-0.25, -0.2) is 0 Å². The zero-order valence-electron chi connectivity index (χ0n) is 16.7. The molecule has 0 bridgehead atoms. The lowest BCUT2D eigenvalue weighted by molar-refractivity contribution is -0.147. The fourth-order valence-corrected chi connectivity index (χ4v) is 2.66. The Morgan fingerprint density at radius 1 is 0.966 bits per heavy atom. The molecule has 2 amide bonds. The molecule has 2 aromatic carbocycles. The van der Waals surface area contributed by atoms with E-state index >= 15 is 0 Å². The largest absolute Gasteiger partial charge is 0.493 e. The van der Waals surface area contributed by atoms with Crippen molar-refractivity contribution in [2.24, 2.45) is 0 Å². The molecule has 2 N–H and O–H groups in total. The molecule has 0 aliphatic rings. The second-order valence-corrected chi connectivity index (χ2v) is 6.30. The summed E-state index contributed by atoms with van der Waals surface area (Å²) in [4.78, 5) is 35.8. The number of amides is 2. The number of carbonyl (C=O) groups excluding carboxylic acids is 3. The first kappa shape index (κ1) is 21.9. The molecule has 0 aliphatic heterocycles. The molecule has 0 aromatic heterocycles. The summed E-state index contributed by atoms with van der Waals surface area (Å²) in [6.45, 7) is 3.98. The number of nitrogens with one attached hydrogen (secondary N) is 2. The van der Waals surface area contributed by atoms with Gasteiger partial charge >= 0.3 is 5.97 Å². The molecule has 0 radical (unpaired) electrons. The predicted molar refractivity (Wildman–Crippen MR) is 109 cm³/mol. The Kier molecular flexibility index (Phi) is 8.69. The van der Waals surface area contributed by atoms with Crippen molar-refractivity contribution < 1.29 is 23.9 Å². The molecule has 0 saturated carbocycles. The number of benzene rings is 2. The predicted octanol–water partition coefficient (Wildman–Crippen LogP) is 2.03. The summed E-state index contributed by atoms with van der Waals surface area (Å²) in [6, 6.07) is 14.7. The fourth-order valence-electron chi connectivity index (χ4n) is 2.66. The third-order valence-electron chi connectivity index (χ3n) is 4.17. The molecule has 7 heteroatoms. The Morgan fingerprint density at radius 2 is 1.69 bits per heavy atom. The maximum Gasteiger partial charge on any atom is 0.325 e. The van der Waals surface area contributed by atoms with Gasteiger partial charge in [-0.05, 0) is 43.5 Å². The molecule has 0 unspecified atom stereocenters. The molecule has 2 rings (SSSR count). The SMILES string of the molecule is CCOc1ccccc1C(=O)NCC(=O)OCC(=O)NCCc1ccccc1C. The Bertz CT molecular complexity index is 851. The highest BCUT2D eigenvalue weighted by atomic mass is 16.5. The maximum absolute atomic E-state index is 12.2. The Labute approximate surface area is 170 Å². The topological polar surface area (TPSA) is 93.7 Å². The van der Waals surface area contributed by atoms with Crippen LogP contribution in [0.5, 0.6) is 5.75 Å². The van der Waals surface area contributed by atoms with Crippen LogP contribution in [0.2, 0.25) is 0 Å². The van der Waals surface area contributed by atoms with E-state index in [4.69, 9.17) is 9.47 Å². The van der Waals surface area contributed by atoms with Crippen LogP contribution in [0, 0.1) is 6.92 Å². The Morgan fingerprint density at radius 3 is 2.45 bits per heavy atom. The minimum atomic E-state index is -0.693. The summed E-state index contributed by atoms with van der Waals surface area (Å²) in [5, 5.41) is 5.17. The summed E-state index contributed by atoms with van der Waals surface area (Å²) in [5.41, 5.74) is 2.64. The van der Waals surface area contributed by atoms with Gasteiger partial charge in [0.15, 0.2) is 6.61 Å². The molecule has 0 heterocycles. The van der Waals surface area contributed by atoms with E-state index in [0.717, 1.165) is 11.1 Å². The first-order valence-corrected chi connectivity index (χ1v) is 9.48. The van der Waals surface area contributed by atoms with Crippen molar-refractivity contribution in [3.8, 4) is 5.75 Å². The molecule has 0 aliphatic carbocycles. The minimum absolute atomic E-state index is 0.330. The van der Waals surface area contributed by atoms with E-state index in [2.05, 4.69) is 10.6 Å². The molecule has 0 saturated heterocycles. The molecule has 7 nitrogen and oxygen atoms in total. The number of para-hydroxylation sites is 1.